The van der Waals surface area contributed by atoms with Gasteiger partial charge in [-0.05, 0) is 29.8 Å². The van der Waals surface area contributed by atoms with Crippen molar-refractivity contribution in [2.24, 2.45) is 5.10 Å². The lowest BCUT2D eigenvalue weighted by molar-refractivity contribution is -0.132. The van der Waals surface area contributed by atoms with Crippen molar-refractivity contribution in [1.29, 1.82) is 0 Å². The fourth-order valence-electron chi connectivity index (χ4n) is 3.47. The highest BCUT2D eigenvalue weighted by Crippen LogP contribution is 2.43. The molecule has 1 heterocycles. The van der Waals surface area contributed by atoms with Gasteiger partial charge in [-0.1, -0.05) is 12.1 Å². The molecule has 1 aliphatic rings. The Balaban J connectivity index is 2.04. The minimum absolute atomic E-state index is 0.214. The molecule has 0 aliphatic carbocycles. The van der Waals surface area contributed by atoms with E-state index in [4.69, 9.17) is 18.9 Å². The summed E-state index contributed by atoms with van der Waals surface area (Å²) in [7, 11) is 4.61. The molecule has 3 rings (SSSR count). The van der Waals surface area contributed by atoms with E-state index in [1.165, 1.54) is 40.2 Å². The van der Waals surface area contributed by atoms with Gasteiger partial charge in [0.25, 0.3) is 0 Å². The molecule has 0 bridgehead atoms. The number of para-hydroxylation sites is 1. The van der Waals surface area contributed by atoms with Crippen molar-refractivity contribution < 1.29 is 28.5 Å². The van der Waals surface area contributed by atoms with Gasteiger partial charge in [-0.25, -0.2) is 5.01 Å². The van der Waals surface area contributed by atoms with E-state index in [0.29, 0.717) is 40.7 Å². The van der Waals surface area contributed by atoms with Gasteiger partial charge >= 0.3 is 5.97 Å². The third-order valence-corrected chi connectivity index (χ3v) is 4.76. The molecule has 158 valence electrons. The smallest absolute Gasteiger partial charge is 0.308 e. The number of nitrogens with zero attached hydrogens (tertiary/aromatic N) is 2. The van der Waals surface area contributed by atoms with Crippen LogP contribution in [0.2, 0.25) is 0 Å². The molecule has 0 saturated heterocycles. The van der Waals surface area contributed by atoms with Crippen LogP contribution >= 0.6 is 0 Å². The molecule has 0 radical (unpaired) electrons. The molecule has 0 saturated carbocycles. The molecule has 30 heavy (non-hydrogen) atoms. The Kier molecular flexibility index (Phi) is 6.25. The Bertz CT molecular complexity index is 976. The van der Waals surface area contributed by atoms with Crippen molar-refractivity contribution in [1.82, 2.24) is 5.01 Å². The van der Waals surface area contributed by atoms with E-state index in [9.17, 15) is 9.59 Å². The monoisotopic (exact) mass is 412 g/mol. The second-order valence-corrected chi connectivity index (χ2v) is 6.68. The van der Waals surface area contributed by atoms with Gasteiger partial charge in [0.2, 0.25) is 11.7 Å². The van der Waals surface area contributed by atoms with Crippen LogP contribution in [-0.2, 0) is 9.59 Å². The zero-order valence-electron chi connectivity index (χ0n) is 17.6. The molecular weight excluding hydrogens is 388 g/mol. The molecule has 1 unspecified atom stereocenters. The summed E-state index contributed by atoms with van der Waals surface area (Å²) in [6.45, 7) is 2.79. The van der Waals surface area contributed by atoms with E-state index < -0.39 is 5.97 Å². The minimum atomic E-state index is -0.425. The lowest BCUT2D eigenvalue weighted by Crippen LogP contribution is -2.24. The number of rotatable bonds is 6. The number of hydrogen-bond donors (Lipinski definition) is 0. The first kappa shape index (κ1) is 21.2. The molecule has 1 atom stereocenters. The second-order valence-electron chi connectivity index (χ2n) is 6.68. The van der Waals surface area contributed by atoms with E-state index in [2.05, 4.69) is 5.10 Å². The number of esters is 1. The van der Waals surface area contributed by atoms with Crippen LogP contribution < -0.4 is 18.9 Å². The molecule has 1 amide bonds. The van der Waals surface area contributed by atoms with Gasteiger partial charge in [0.05, 0.1) is 33.1 Å². The van der Waals surface area contributed by atoms with Crippen LogP contribution in [0.15, 0.2) is 41.5 Å². The Morgan fingerprint density at radius 1 is 0.967 bits per heavy atom. The summed E-state index contributed by atoms with van der Waals surface area (Å²) < 4.78 is 21.6. The van der Waals surface area contributed by atoms with E-state index in [-0.39, 0.29) is 11.9 Å². The number of hydrogen-bond acceptors (Lipinski definition) is 7. The third kappa shape index (κ3) is 4.07. The summed E-state index contributed by atoms with van der Waals surface area (Å²) in [6, 6.07) is 10.3. The topological polar surface area (TPSA) is 86.7 Å². The average Bonchev–Trinajstić information content (AvgIpc) is 3.18. The van der Waals surface area contributed by atoms with Crippen molar-refractivity contribution in [2.45, 2.75) is 26.3 Å². The maximum Gasteiger partial charge on any atom is 0.308 e. The Labute approximate surface area is 175 Å². The summed E-state index contributed by atoms with van der Waals surface area (Å²) in [5.41, 5.74) is 2.08. The largest absolute Gasteiger partial charge is 0.493 e. The van der Waals surface area contributed by atoms with Gasteiger partial charge in [-0.3, -0.25) is 9.59 Å². The van der Waals surface area contributed by atoms with E-state index in [1.54, 1.807) is 24.3 Å². The van der Waals surface area contributed by atoms with Gasteiger partial charge < -0.3 is 18.9 Å². The van der Waals surface area contributed by atoms with Gasteiger partial charge in [0.1, 0.15) is 5.75 Å². The number of carbonyl (C=O) groups is 2. The van der Waals surface area contributed by atoms with Crippen LogP contribution in [0.1, 0.15) is 37.4 Å². The Morgan fingerprint density at radius 2 is 1.60 bits per heavy atom. The number of benzene rings is 2. The SMILES string of the molecule is COc1cc(C2CC(c3ccccc3OC(C)=O)=NN2C(C)=O)cc(OC)c1OC. The Morgan fingerprint density at radius 3 is 2.13 bits per heavy atom. The van der Waals surface area contributed by atoms with Gasteiger partial charge in [0, 0.05) is 25.8 Å². The fraction of sp³-hybridized carbons (Fsp3) is 0.318. The standard InChI is InChI=1S/C22H24N2O6/c1-13(25)24-18(15-10-20(27-3)22(29-5)21(11-15)28-4)12-17(23-24)16-8-6-7-9-19(16)30-14(2)26/h6-11,18H,12H2,1-5H3. The minimum Gasteiger partial charge on any atom is -0.493 e. The van der Waals surface area contributed by atoms with Crippen molar-refractivity contribution in [3.63, 3.8) is 0 Å². The van der Waals surface area contributed by atoms with Crippen molar-refractivity contribution in [3.8, 4) is 23.0 Å². The summed E-state index contributed by atoms with van der Waals surface area (Å²) in [5.74, 6) is 1.21. The molecule has 8 heteroatoms. The molecule has 0 spiro atoms. The molecule has 0 aromatic heterocycles. The maximum absolute atomic E-state index is 12.3. The van der Waals surface area contributed by atoms with Crippen LogP contribution in [0.4, 0.5) is 0 Å². The van der Waals surface area contributed by atoms with Crippen molar-refractivity contribution >= 4 is 17.6 Å². The number of ether oxygens (including phenoxy) is 4. The maximum atomic E-state index is 12.3. The predicted molar refractivity (Wildman–Crippen MR) is 110 cm³/mol. The number of amides is 1. The van der Waals surface area contributed by atoms with Crippen molar-refractivity contribution in [2.75, 3.05) is 21.3 Å². The lowest BCUT2D eigenvalue weighted by Gasteiger charge is -2.22. The summed E-state index contributed by atoms with van der Waals surface area (Å²) in [6.07, 6.45) is 0.427. The van der Waals surface area contributed by atoms with Crippen LogP contribution in [0, 0.1) is 0 Å². The summed E-state index contributed by atoms with van der Waals surface area (Å²) >= 11 is 0. The van der Waals surface area contributed by atoms with Crippen LogP contribution in [0.5, 0.6) is 23.0 Å². The number of methoxy groups -OCH3 is 3. The number of hydrazone groups is 1. The van der Waals surface area contributed by atoms with Crippen LogP contribution in [-0.4, -0.2) is 43.9 Å². The van der Waals surface area contributed by atoms with E-state index >= 15 is 0 Å². The normalized spacial score (nSPS) is 15.4. The quantitative estimate of drug-likeness (QED) is 0.534. The first-order valence-corrected chi connectivity index (χ1v) is 9.34. The molecule has 0 fully saturated rings. The summed E-state index contributed by atoms with van der Waals surface area (Å²) in [5, 5.41) is 5.95. The molecule has 1 aliphatic heterocycles. The zero-order valence-corrected chi connectivity index (χ0v) is 17.6. The molecule has 2 aromatic rings. The average molecular weight is 412 g/mol. The highest BCUT2D eigenvalue weighted by molar-refractivity contribution is 6.05. The van der Waals surface area contributed by atoms with E-state index in [1.807, 2.05) is 12.1 Å². The zero-order chi connectivity index (χ0) is 21.8. The van der Waals surface area contributed by atoms with E-state index in [0.717, 1.165) is 5.56 Å². The Hall–Kier alpha value is -3.55. The first-order chi connectivity index (χ1) is 14.4. The summed E-state index contributed by atoms with van der Waals surface area (Å²) in [4.78, 5) is 23.8. The first-order valence-electron chi connectivity index (χ1n) is 9.34. The molecule has 8 nitrogen and oxygen atoms in total. The van der Waals surface area contributed by atoms with Crippen molar-refractivity contribution in [3.05, 3.63) is 47.5 Å². The highest BCUT2D eigenvalue weighted by Gasteiger charge is 2.34. The second kappa shape index (κ2) is 8.86. The third-order valence-electron chi connectivity index (χ3n) is 4.76. The molecular formula is C22H24N2O6. The van der Waals surface area contributed by atoms with Crippen LogP contribution in [0.25, 0.3) is 0 Å². The van der Waals surface area contributed by atoms with Crippen LogP contribution in [0.3, 0.4) is 0 Å². The molecule has 2 aromatic carbocycles. The highest BCUT2D eigenvalue weighted by atomic mass is 16.5. The fourth-order valence-corrected chi connectivity index (χ4v) is 3.47. The van der Waals surface area contributed by atoms with Gasteiger partial charge in [-0.15, -0.1) is 0 Å². The molecule has 0 N–H and O–H groups in total. The van der Waals surface area contributed by atoms with Gasteiger partial charge in [0.15, 0.2) is 11.5 Å². The number of carbonyl (C=O) groups excluding carboxylic acids is 2. The predicted octanol–water partition coefficient (Wildman–Crippen LogP) is 3.34. The van der Waals surface area contributed by atoms with Gasteiger partial charge in [-0.2, -0.15) is 5.10 Å². The lowest BCUT2D eigenvalue weighted by atomic mass is 9.97.